The van der Waals surface area contributed by atoms with Crippen molar-refractivity contribution in [2.75, 3.05) is 13.1 Å². The lowest BCUT2D eigenvalue weighted by molar-refractivity contribution is -0.137. The number of carboxylic acid groups (broad SMARTS) is 1. The minimum atomic E-state index is -0.772. The Morgan fingerprint density at radius 3 is 2.76 bits per heavy atom. The standard InChI is InChI=1S/C18H18Cl2N2O3/c19-15-2-1-3-16(20)14(15)11-25-17-8-12-4-6-22(7-5-18(23)24)10-13(12)9-21-17/h1-3,8-9H,4-7,10-11H2,(H,23,24). The predicted octanol–water partition coefficient (Wildman–Crippen LogP) is 3.80. The van der Waals surface area contributed by atoms with E-state index < -0.39 is 5.97 Å². The number of aromatic nitrogens is 1. The van der Waals surface area contributed by atoms with Crippen LogP contribution >= 0.6 is 23.2 Å². The number of hydrogen-bond donors (Lipinski definition) is 1. The largest absolute Gasteiger partial charge is 0.481 e. The van der Waals surface area contributed by atoms with Crippen LogP contribution in [0.2, 0.25) is 10.0 Å². The van der Waals surface area contributed by atoms with E-state index in [4.69, 9.17) is 33.0 Å². The number of rotatable bonds is 6. The van der Waals surface area contributed by atoms with Crippen LogP contribution in [0.1, 0.15) is 23.1 Å². The van der Waals surface area contributed by atoms with Crippen LogP contribution in [0, 0.1) is 0 Å². The molecule has 3 rings (SSSR count). The molecule has 1 aliphatic rings. The molecular weight excluding hydrogens is 363 g/mol. The summed E-state index contributed by atoms with van der Waals surface area (Å²) in [7, 11) is 0. The van der Waals surface area contributed by atoms with Gasteiger partial charge in [0.15, 0.2) is 0 Å². The lowest BCUT2D eigenvalue weighted by Gasteiger charge is -2.28. The van der Waals surface area contributed by atoms with E-state index in [0.717, 1.165) is 24.1 Å². The number of benzene rings is 1. The van der Waals surface area contributed by atoms with Crippen LogP contribution in [-0.2, 0) is 24.4 Å². The maximum atomic E-state index is 10.7. The summed E-state index contributed by atoms with van der Waals surface area (Å²) in [5, 5.41) is 9.93. The number of aliphatic carboxylic acids is 1. The monoisotopic (exact) mass is 380 g/mol. The van der Waals surface area contributed by atoms with Crippen molar-refractivity contribution in [2.45, 2.75) is 26.0 Å². The number of pyridine rings is 1. The molecular formula is C18H18Cl2N2O3. The summed E-state index contributed by atoms with van der Waals surface area (Å²) in [4.78, 5) is 17.2. The van der Waals surface area contributed by atoms with Gasteiger partial charge >= 0.3 is 5.97 Å². The summed E-state index contributed by atoms with van der Waals surface area (Å²) in [6, 6.07) is 7.28. The third-order valence-corrected chi connectivity index (χ3v) is 4.93. The topological polar surface area (TPSA) is 62.7 Å². The van der Waals surface area contributed by atoms with Gasteiger partial charge in [-0.15, -0.1) is 0 Å². The second-order valence-corrected chi connectivity index (χ2v) is 6.76. The Bertz CT molecular complexity index is 763. The van der Waals surface area contributed by atoms with Gasteiger partial charge in [-0.2, -0.15) is 0 Å². The molecule has 1 aromatic carbocycles. The van der Waals surface area contributed by atoms with Gasteiger partial charge in [0.05, 0.1) is 6.42 Å². The Kier molecular flexibility index (Phi) is 5.78. The van der Waals surface area contributed by atoms with Crippen molar-refractivity contribution in [3.05, 3.63) is 57.2 Å². The number of carbonyl (C=O) groups is 1. The quantitative estimate of drug-likeness (QED) is 0.825. The summed E-state index contributed by atoms with van der Waals surface area (Å²) in [6.07, 6.45) is 2.80. The molecule has 1 aromatic heterocycles. The summed E-state index contributed by atoms with van der Waals surface area (Å²) in [6.45, 7) is 2.36. The van der Waals surface area contributed by atoms with Gasteiger partial charge in [-0.3, -0.25) is 9.69 Å². The molecule has 0 saturated carbocycles. The fourth-order valence-corrected chi connectivity index (χ4v) is 3.32. The van der Waals surface area contributed by atoms with E-state index in [1.165, 1.54) is 5.56 Å². The van der Waals surface area contributed by atoms with Crippen LogP contribution in [0.4, 0.5) is 0 Å². The minimum absolute atomic E-state index is 0.155. The van der Waals surface area contributed by atoms with E-state index >= 15 is 0 Å². The normalized spacial score (nSPS) is 14.2. The summed E-state index contributed by atoms with van der Waals surface area (Å²) < 4.78 is 5.75. The lowest BCUT2D eigenvalue weighted by atomic mass is 10.0. The molecule has 0 radical (unpaired) electrons. The van der Waals surface area contributed by atoms with Gasteiger partial charge in [0.1, 0.15) is 6.61 Å². The molecule has 2 aromatic rings. The zero-order valence-electron chi connectivity index (χ0n) is 13.5. The van der Waals surface area contributed by atoms with E-state index in [2.05, 4.69) is 9.88 Å². The number of ether oxygens (including phenoxy) is 1. The maximum absolute atomic E-state index is 10.7. The molecule has 0 spiro atoms. The third kappa shape index (κ3) is 4.63. The van der Waals surface area contributed by atoms with Crippen LogP contribution in [0.5, 0.6) is 5.88 Å². The van der Waals surface area contributed by atoms with Gasteiger partial charge in [-0.25, -0.2) is 4.98 Å². The molecule has 0 saturated heterocycles. The van der Waals surface area contributed by atoms with Gasteiger partial charge in [0.2, 0.25) is 5.88 Å². The minimum Gasteiger partial charge on any atom is -0.481 e. The second kappa shape index (κ2) is 8.04. The lowest BCUT2D eigenvalue weighted by Crippen LogP contribution is -2.32. The van der Waals surface area contributed by atoms with Crippen molar-refractivity contribution < 1.29 is 14.6 Å². The number of carboxylic acids is 1. The van der Waals surface area contributed by atoms with Crippen molar-refractivity contribution in [1.82, 2.24) is 9.88 Å². The average Bonchev–Trinajstić information content (AvgIpc) is 2.59. The predicted molar refractivity (Wildman–Crippen MR) is 96.3 cm³/mol. The first-order valence-electron chi connectivity index (χ1n) is 8.00. The van der Waals surface area contributed by atoms with Gasteiger partial charge < -0.3 is 9.84 Å². The highest BCUT2D eigenvalue weighted by atomic mass is 35.5. The van der Waals surface area contributed by atoms with E-state index in [-0.39, 0.29) is 13.0 Å². The fraction of sp³-hybridized carbons (Fsp3) is 0.333. The molecule has 132 valence electrons. The highest BCUT2D eigenvalue weighted by Gasteiger charge is 2.18. The van der Waals surface area contributed by atoms with E-state index in [1.54, 1.807) is 24.4 Å². The molecule has 25 heavy (non-hydrogen) atoms. The van der Waals surface area contributed by atoms with E-state index in [0.29, 0.717) is 29.0 Å². The first-order chi connectivity index (χ1) is 12.0. The van der Waals surface area contributed by atoms with Crippen molar-refractivity contribution in [3.63, 3.8) is 0 Å². The Labute approximate surface area is 156 Å². The average molecular weight is 381 g/mol. The smallest absolute Gasteiger partial charge is 0.304 e. The number of hydrogen-bond acceptors (Lipinski definition) is 4. The van der Waals surface area contributed by atoms with Crippen LogP contribution < -0.4 is 4.74 Å². The molecule has 1 N–H and O–H groups in total. The fourth-order valence-electron chi connectivity index (χ4n) is 2.82. The summed E-state index contributed by atoms with van der Waals surface area (Å²) >= 11 is 12.3. The van der Waals surface area contributed by atoms with Crippen LogP contribution in [0.3, 0.4) is 0 Å². The maximum Gasteiger partial charge on any atom is 0.304 e. The van der Waals surface area contributed by atoms with Crippen molar-refractivity contribution >= 4 is 29.2 Å². The van der Waals surface area contributed by atoms with Gasteiger partial charge in [-0.1, -0.05) is 29.3 Å². The Hall–Kier alpha value is -1.82. The molecule has 5 nitrogen and oxygen atoms in total. The molecule has 0 bridgehead atoms. The second-order valence-electron chi connectivity index (χ2n) is 5.95. The Balaban J connectivity index is 1.63. The van der Waals surface area contributed by atoms with Gasteiger partial charge in [-0.05, 0) is 29.7 Å². The first kappa shape index (κ1) is 18.0. The first-order valence-corrected chi connectivity index (χ1v) is 8.76. The number of nitrogens with zero attached hydrogens (tertiary/aromatic N) is 2. The number of halogens is 2. The third-order valence-electron chi connectivity index (χ3n) is 4.22. The molecule has 0 atom stereocenters. The van der Waals surface area contributed by atoms with Gasteiger partial charge in [0, 0.05) is 47.5 Å². The summed E-state index contributed by atoms with van der Waals surface area (Å²) in [5.41, 5.74) is 3.03. The molecule has 0 aliphatic carbocycles. The molecule has 7 heteroatoms. The Morgan fingerprint density at radius 2 is 2.04 bits per heavy atom. The Morgan fingerprint density at radius 1 is 1.28 bits per heavy atom. The highest BCUT2D eigenvalue weighted by molar-refractivity contribution is 6.35. The summed E-state index contributed by atoms with van der Waals surface area (Å²) in [5.74, 6) is -0.236. The van der Waals surface area contributed by atoms with Crippen molar-refractivity contribution in [2.24, 2.45) is 0 Å². The molecule has 0 unspecified atom stereocenters. The van der Waals surface area contributed by atoms with Crippen molar-refractivity contribution in [1.29, 1.82) is 0 Å². The zero-order chi connectivity index (χ0) is 17.8. The van der Waals surface area contributed by atoms with Crippen LogP contribution in [0.25, 0.3) is 0 Å². The molecule has 0 fully saturated rings. The van der Waals surface area contributed by atoms with Gasteiger partial charge in [0.25, 0.3) is 0 Å². The van der Waals surface area contributed by atoms with Crippen molar-refractivity contribution in [3.8, 4) is 5.88 Å². The van der Waals surface area contributed by atoms with E-state index in [1.807, 2.05) is 6.07 Å². The van der Waals surface area contributed by atoms with Crippen LogP contribution in [-0.4, -0.2) is 34.0 Å². The molecule has 0 amide bonds. The van der Waals surface area contributed by atoms with Crippen LogP contribution in [0.15, 0.2) is 30.5 Å². The molecule has 2 heterocycles. The number of fused-ring (bicyclic) bond motifs is 1. The molecule has 1 aliphatic heterocycles. The SMILES string of the molecule is O=C(O)CCN1CCc2cc(OCc3c(Cl)cccc3Cl)ncc2C1. The van der Waals surface area contributed by atoms with E-state index in [9.17, 15) is 4.79 Å². The highest BCUT2D eigenvalue weighted by Crippen LogP contribution is 2.27. The zero-order valence-corrected chi connectivity index (χ0v) is 15.1.